The van der Waals surface area contributed by atoms with Gasteiger partial charge in [0.2, 0.25) is 5.91 Å². The number of alkyl carbamates (subject to hydrolysis) is 1. The van der Waals surface area contributed by atoms with E-state index in [0.29, 0.717) is 6.42 Å². The standard InChI is InChI=1S/C27H34N2O5/c1-6-27(5,25(32)28-17(4)23(16(2)3)24(30)31)29-26(33)34-15-22-20-13-9-7-11-18(20)19-12-8-10-14-21(19)22/h7-14,16-17,22-23H,6,15H2,1-5H3,(H,28,32)(H,29,33)(H,30,31). The Kier molecular flexibility index (Phi) is 7.64. The highest BCUT2D eigenvalue weighted by Crippen LogP contribution is 2.44. The van der Waals surface area contributed by atoms with E-state index in [-0.39, 0.29) is 18.4 Å². The molecule has 0 saturated heterocycles. The minimum atomic E-state index is -1.24. The number of carbonyl (C=O) groups excluding carboxylic acids is 2. The number of nitrogens with one attached hydrogen (secondary N) is 2. The van der Waals surface area contributed by atoms with Crippen molar-refractivity contribution < 1.29 is 24.2 Å². The molecule has 7 heteroatoms. The number of hydrogen-bond acceptors (Lipinski definition) is 4. The summed E-state index contributed by atoms with van der Waals surface area (Å²) in [6.45, 7) is 8.81. The molecule has 0 radical (unpaired) electrons. The molecule has 0 heterocycles. The van der Waals surface area contributed by atoms with Crippen molar-refractivity contribution in [3.63, 3.8) is 0 Å². The van der Waals surface area contributed by atoms with Crippen molar-refractivity contribution in [2.45, 2.75) is 58.5 Å². The number of amides is 2. The molecular weight excluding hydrogens is 432 g/mol. The molecule has 3 N–H and O–H groups in total. The van der Waals surface area contributed by atoms with Gasteiger partial charge in [-0.3, -0.25) is 9.59 Å². The summed E-state index contributed by atoms with van der Waals surface area (Å²) in [5, 5.41) is 15.0. The fourth-order valence-electron chi connectivity index (χ4n) is 4.70. The average Bonchev–Trinajstić information content (AvgIpc) is 3.10. The van der Waals surface area contributed by atoms with E-state index >= 15 is 0 Å². The van der Waals surface area contributed by atoms with Crippen LogP contribution in [0.1, 0.15) is 58.1 Å². The molecule has 3 unspecified atom stereocenters. The predicted molar refractivity (Wildman–Crippen MR) is 130 cm³/mol. The zero-order valence-electron chi connectivity index (χ0n) is 20.4. The molecule has 0 fully saturated rings. The number of aliphatic carboxylic acids is 1. The minimum absolute atomic E-state index is 0.0813. The smallest absolute Gasteiger partial charge is 0.408 e. The normalized spacial score (nSPS) is 16.1. The van der Waals surface area contributed by atoms with Gasteiger partial charge in [0.25, 0.3) is 0 Å². The summed E-state index contributed by atoms with van der Waals surface area (Å²) >= 11 is 0. The molecule has 0 aromatic heterocycles. The summed E-state index contributed by atoms with van der Waals surface area (Å²) in [7, 11) is 0. The van der Waals surface area contributed by atoms with Crippen molar-refractivity contribution >= 4 is 18.0 Å². The molecule has 2 aromatic carbocycles. The number of carbonyl (C=O) groups is 3. The largest absolute Gasteiger partial charge is 0.481 e. The number of hydrogen-bond donors (Lipinski definition) is 3. The number of carboxylic acids is 1. The number of benzene rings is 2. The van der Waals surface area contributed by atoms with E-state index in [4.69, 9.17) is 4.74 Å². The van der Waals surface area contributed by atoms with Gasteiger partial charge in [0.05, 0.1) is 5.92 Å². The molecule has 3 rings (SSSR count). The molecule has 3 atom stereocenters. The average molecular weight is 467 g/mol. The Morgan fingerprint density at radius 1 is 1.00 bits per heavy atom. The highest BCUT2D eigenvalue weighted by Gasteiger charge is 2.38. The van der Waals surface area contributed by atoms with Gasteiger partial charge >= 0.3 is 12.1 Å². The SMILES string of the molecule is CCC(C)(NC(=O)OCC1c2ccccc2-c2ccccc21)C(=O)NC(C)C(C(=O)O)C(C)C. The van der Waals surface area contributed by atoms with Gasteiger partial charge in [-0.05, 0) is 48.4 Å². The highest BCUT2D eigenvalue weighted by molar-refractivity contribution is 5.90. The molecule has 1 aliphatic carbocycles. The molecule has 0 spiro atoms. The van der Waals surface area contributed by atoms with E-state index in [1.165, 1.54) is 0 Å². The fourth-order valence-corrected chi connectivity index (χ4v) is 4.70. The van der Waals surface area contributed by atoms with Crippen LogP contribution >= 0.6 is 0 Å². The Morgan fingerprint density at radius 3 is 2.00 bits per heavy atom. The number of rotatable bonds is 9. The maximum Gasteiger partial charge on any atom is 0.408 e. The molecule has 182 valence electrons. The predicted octanol–water partition coefficient (Wildman–Crippen LogP) is 4.56. The van der Waals surface area contributed by atoms with Gasteiger partial charge < -0.3 is 20.5 Å². The van der Waals surface area contributed by atoms with Crippen LogP contribution in [0.3, 0.4) is 0 Å². The Bertz CT molecular complexity index is 1020. The topological polar surface area (TPSA) is 105 Å². The minimum Gasteiger partial charge on any atom is -0.481 e. The highest BCUT2D eigenvalue weighted by atomic mass is 16.5. The monoisotopic (exact) mass is 466 g/mol. The Balaban J connectivity index is 1.66. The van der Waals surface area contributed by atoms with Gasteiger partial charge in [-0.15, -0.1) is 0 Å². The summed E-state index contributed by atoms with van der Waals surface area (Å²) in [5.74, 6) is -2.38. The molecular formula is C27H34N2O5. The lowest BCUT2D eigenvalue weighted by Gasteiger charge is -2.32. The van der Waals surface area contributed by atoms with Gasteiger partial charge in [-0.2, -0.15) is 0 Å². The first kappa shape index (κ1) is 25.3. The maximum absolute atomic E-state index is 13.0. The van der Waals surface area contributed by atoms with Crippen LogP contribution in [-0.4, -0.2) is 41.3 Å². The van der Waals surface area contributed by atoms with Gasteiger partial charge in [0, 0.05) is 12.0 Å². The quantitative estimate of drug-likeness (QED) is 0.503. The van der Waals surface area contributed by atoms with Gasteiger partial charge in [-0.1, -0.05) is 69.3 Å². The van der Waals surface area contributed by atoms with E-state index in [2.05, 4.69) is 22.8 Å². The van der Waals surface area contributed by atoms with Crippen molar-refractivity contribution in [1.29, 1.82) is 0 Å². The summed E-state index contributed by atoms with van der Waals surface area (Å²) in [6.07, 6.45) is -0.373. The van der Waals surface area contributed by atoms with Crippen LogP contribution in [0.5, 0.6) is 0 Å². The molecule has 2 amide bonds. The van der Waals surface area contributed by atoms with Crippen molar-refractivity contribution in [2.24, 2.45) is 11.8 Å². The third-order valence-corrected chi connectivity index (χ3v) is 6.83. The van der Waals surface area contributed by atoms with E-state index in [0.717, 1.165) is 22.3 Å². The zero-order chi connectivity index (χ0) is 25.0. The van der Waals surface area contributed by atoms with Crippen LogP contribution in [0, 0.1) is 11.8 Å². The van der Waals surface area contributed by atoms with Crippen LogP contribution in [0.15, 0.2) is 48.5 Å². The number of carboxylic acid groups (broad SMARTS) is 1. The third kappa shape index (κ3) is 5.08. The Hall–Kier alpha value is -3.35. The van der Waals surface area contributed by atoms with Crippen LogP contribution in [-0.2, 0) is 14.3 Å². The zero-order valence-corrected chi connectivity index (χ0v) is 20.4. The first-order chi connectivity index (χ1) is 16.1. The fraction of sp³-hybridized carbons (Fsp3) is 0.444. The molecule has 34 heavy (non-hydrogen) atoms. The van der Waals surface area contributed by atoms with Crippen molar-refractivity contribution in [2.75, 3.05) is 6.61 Å². The van der Waals surface area contributed by atoms with Crippen LogP contribution in [0.2, 0.25) is 0 Å². The van der Waals surface area contributed by atoms with E-state index in [1.807, 2.05) is 36.4 Å². The van der Waals surface area contributed by atoms with Gasteiger partial charge in [0.15, 0.2) is 0 Å². The molecule has 0 bridgehead atoms. The molecule has 2 aromatic rings. The molecule has 0 saturated carbocycles. The summed E-state index contributed by atoms with van der Waals surface area (Å²) in [4.78, 5) is 37.3. The lowest BCUT2D eigenvalue weighted by atomic mass is 9.88. The second kappa shape index (κ2) is 10.3. The number of ether oxygens (including phenoxy) is 1. The first-order valence-electron chi connectivity index (χ1n) is 11.8. The Morgan fingerprint density at radius 2 is 1.53 bits per heavy atom. The van der Waals surface area contributed by atoms with Gasteiger partial charge in [0.1, 0.15) is 12.1 Å². The lowest BCUT2D eigenvalue weighted by Crippen LogP contribution is -2.59. The van der Waals surface area contributed by atoms with E-state index < -0.39 is 35.5 Å². The maximum atomic E-state index is 13.0. The van der Waals surface area contributed by atoms with Crippen LogP contribution in [0.25, 0.3) is 11.1 Å². The second-order valence-electron chi connectivity index (χ2n) is 9.51. The van der Waals surface area contributed by atoms with Crippen molar-refractivity contribution in [3.05, 3.63) is 59.7 Å². The number of fused-ring (bicyclic) bond motifs is 3. The van der Waals surface area contributed by atoms with E-state index in [9.17, 15) is 19.5 Å². The van der Waals surface area contributed by atoms with Gasteiger partial charge in [-0.25, -0.2) is 4.79 Å². The Labute approximate surface area is 200 Å². The first-order valence-corrected chi connectivity index (χ1v) is 11.8. The second-order valence-corrected chi connectivity index (χ2v) is 9.51. The summed E-state index contributed by atoms with van der Waals surface area (Å²) < 4.78 is 5.59. The van der Waals surface area contributed by atoms with Crippen molar-refractivity contribution in [1.82, 2.24) is 10.6 Å². The lowest BCUT2D eigenvalue weighted by molar-refractivity contribution is -0.144. The molecule has 1 aliphatic rings. The van der Waals surface area contributed by atoms with E-state index in [1.54, 1.807) is 34.6 Å². The van der Waals surface area contributed by atoms with Crippen LogP contribution < -0.4 is 10.6 Å². The molecule has 0 aliphatic heterocycles. The van der Waals surface area contributed by atoms with Crippen LogP contribution in [0.4, 0.5) is 4.79 Å². The summed E-state index contributed by atoms with van der Waals surface area (Å²) in [5.41, 5.74) is 3.25. The summed E-state index contributed by atoms with van der Waals surface area (Å²) in [6, 6.07) is 15.5. The molecule has 7 nitrogen and oxygen atoms in total. The van der Waals surface area contributed by atoms with Crippen molar-refractivity contribution in [3.8, 4) is 11.1 Å². The third-order valence-electron chi connectivity index (χ3n) is 6.83.